The molecule has 27 heavy (non-hydrogen) atoms. The Morgan fingerprint density at radius 2 is 1.78 bits per heavy atom. The van der Waals surface area contributed by atoms with Crippen LogP contribution in [0.3, 0.4) is 0 Å². The summed E-state index contributed by atoms with van der Waals surface area (Å²) in [5.74, 6) is 1.93. The van der Waals surface area contributed by atoms with E-state index in [0.717, 1.165) is 12.3 Å². The number of hydrogen-bond acceptors (Lipinski definition) is 4. The molecule has 0 aromatic heterocycles. The molecule has 4 bridgehead atoms. The average Bonchev–Trinajstić information content (AvgIpc) is 2.95. The van der Waals surface area contributed by atoms with E-state index in [-0.39, 0.29) is 18.2 Å². The maximum absolute atomic E-state index is 12.7. The Morgan fingerprint density at radius 1 is 1.11 bits per heavy atom. The second-order valence-corrected chi connectivity index (χ2v) is 10.7. The molecule has 4 aliphatic carbocycles. The standard InChI is InChI=1S/C21H34N2O4/c1-20(2,3)27-18(24)22-16-5-6-23(12-16)19(25)26-17-14-7-13-8-15(17)11-21(4,9-13)10-14/h13-17H,5-12H2,1-4H3,(H,22,24)/t13?,14?,15?,16-,17?,21?/m1/s1. The number of nitrogens with one attached hydrogen (secondary N) is 1. The molecule has 5 rings (SSSR count). The molecule has 1 heterocycles. The van der Waals surface area contributed by atoms with Gasteiger partial charge in [-0.25, -0.2) is 9.59 Å². The van der Waals surface area contributed by atoms with Crippen molar-refractivity contribution in [2.24, 2.45) is 23.2 Å². The lowest BCUT2D eigenvalue weighted by Gasteiger charge is -2.58. The molecule has 0 spiro atoms. The van der Waals surface area contributed by atoms with E-state index in [1.807, 2.05) is 20.8 Å². The first-order valence-corrected chi connectivity index (χ1v) is 10.6. The number of nitrogens with zero attached hydrogens (tertiary/aromatic N) is 1. The zero-order valence-electron chi connectivity index (χ0n) is 17.1. The highest BCUT2D eigenvalue weighted by atomic mass is 16.6. The maximum atomic E-state index is 12.7. The minimum absolute atomic E-state index is 0.0650. The first kappa shape index (κ1) is 18.9. The van der Waals surface area contributed by atoms with Gasteiger partial charge in [-0.3, -0.25) is 0 Å². The van der Waals surface area contributed by atoms with Gasteiger partial charge < -0.3 is 19.7 Å². The first-order valence-electron chi connectivity index (χ1n) is 10.6. The molecule has 0 radical (unpaired) electrons. The van der Waals surface area contributed by atoms with Gasteiger partial charge in [0.1, 0.15) is 11.7 Å². The van der Waals surface area contributed by atoms with Gasteiger partial charge in [-0.2, -0.15) is 0 Å². The molecule has 0 aromatic rings. The summed E-state index contributed by atoms with van der Waals surface area (Å²) in [6.45, 7) is 9.08. The normalized spacial score (nSPS) is 40.1. The van der Waals surface area contributed by atoms with Gasteiger partial charge in [0.05, 0.1) is 6.04 Å². The SMILES string of the molecule is CC12CC3CC(C1)C(OC(=O)N1CC[C@@H](NC(=O)OC(C)(C)C)C1)C(C3)C2. The molecule has 1 saturated heterocycles. The van der Waals surface area contributed by atoms with Gasteiger partial charge in [-0.05, 0) is 82.5 Å². The third kappa shape index (κ3) is 4.04. The van der Waals surface area contributed by atoms with Crippen molar-refractivity contribution in [2.75, 3.05) is 13.1 Å². The molecule has 6 nitrogen and oxygen atoms in total. The van der Waals surface area contributed by atoms with Gasteiger partial charge >= 0.3 is 12.2 Å². The number of ether oxygens (including phenoxy) is 2. The van der Waals surface area contributed by atoms with Crippen molar-refractivity contribution in [3.63, 3.8) is 0 Å². The van der Waals surface area contributed by atoms with Crippen LogP contribution in [-0.2, 0) is 9.47 Å². The van der Waals surface area contributed by atoms with Crippen LogP contribution < -0.4 is 5.32 Å². The van der Waals surface area contributed by atoms with Crippen molar-refractivity contribution >= 4 is 12.2 Å². The van der Waals surface area contributed by atoms with E-state index in [1.54, 1.807) is 4.90 Å². The first-order chi connectivity index (χ1) is 12.6. The topological polar surface area (TPSA) is 67.9 Å². The minimum atomic E-state index is -0.516. The lowest BCUT2D eigenvalue weighted by atomic mass is 9.49. The van der Waals surface area contributed by atoms with Crippen LogP contribution in [0.25, 0.3) is 0 Å². The number of rotatable bonds is 2. The highest BCUT2D eigenvalue weighted by molar-refractivity contribution is 5.70. The summed E-state index contributed by atoms with van der Waals surface area (Å²) >= 11 is 0. The predicted octanol–water partition coefficient (Wildman–Crippen LogP) is 3.94. The van der Waals surface area contributed by atoms with E-state index in [0.29, 0.717) is 30.3 Å². The number of carbonyl (C=O) groups is 2. The number of hydrogen-bond donors (Lipinski definition) is 1. The van der Waals surface area contributed by atoms with Gasteiger partial charge in [-0.1, -0.05) is 6.92 Å². The van der Waals surface area contributed by atoms with Crippen LogP contribution in [0.1, 0.15) is 66.2 Å². The van der Waals surface area contributed by atoms with Crippen molar-refractivity contribution in [1.82, 2.24) is 10.2 Å². The molecule has 2 unspecified atom stereocenters. The van der Waals surface area contributed by atoms with Crippen LogP contribution in [-0.4, -0.2) is 47.9 Å². The lowest BCUT2D eigenvalue weighted by Crippen LogP contribution is -2.54. The molecule has 6 heteroatoms. The molecule has 1 aliphatic heterocycles. The van der Waals surface area contributed by atoms with E-state index in [2.05, 4.69) is 12.2 Å². The molecule has 0 aromatic carbocycles. The average molecular weight is 379 g/mol. The summed E-state index contributed by atoms with van der Waals surface area (Å²) in [4.78, 5) is 26.4. The Morgan fingerprint density at radius 3 is 2.37 bits per heavy atom. The molecule has 4 saturated carbocycles. The van der Waals surface area contributed by atoms with Crippen molar-refractivity contribution in [1.29, 1.82) is 0 Å². The van der Waals surface area contributed by atoms with Crippen molar-refractivity contribution in [3.8, 4) is 0 Å². The highest BCUT2D eigenvalue weighted by Crippen LogP contribution is 2.60. The van der Waals surface area contributed by atoms with Crippen LogP contribution in [0.4, 0.5) is 9.59 Å². The molecule has 152 valence electrons. The fraction of sp³-hybridized carbons (Fsp3) is 0.905. The van der Waals surface area contributed by atoms with E-state index in [9.17, 15) is 9.59 Å². The monoisotopic (exact) mass is 378 g/mol. The third-order valence-electron chi connectivity index (χ3n) is 6.90. The van der Waals surface area contributed by atoms with Crippen LogP contribution >= 0.6 is 0 Å². The van der Waals surface area contributed by atoms with E-state index in [1.165, 1.54) is 32.1 Å². The summed E-state index contributed by atoms with van der Waals surface area (Å²) in [7, 11) is 0. The van der Waals surface area contributed by atoms with Crippen molar-refractivity contribution in [2.45, 2.75) is 84.0 Å². The van der Waals surface area contributed by atoms with Crippen molar-refractivity contribution < 1.29 is 19.1 Å². The Bertz CT molecular complexity index is 598. The van der Waals surface area contributed by atoms with Gasteiger partial charge in [-0.15, -0.1) is 0 Å². The fourth-order valence-electron chi connectivity index (χ4n) is 6.29. The molecular weight excluding hydrogens is 344 g/mol. The van der Waals surface area contributed by atoms with Crippen LogP contribution in [0.5, 0.6) is 0 Å². The second kappa shape index (κ2) is 6.56. The fourth-order valence-corrected chi connectivity index (χ4v) is 6.29. The molecule has 1 N–H and O–H groups in total. The van der Waals surface area contributed by atoms with Gasteiger partial charge in [0.2, 0.25) is 0 Å². The van der Waals surface area contributed by atoms with E-state index >= 15 is 0 Å². The highest BCUT2D eigenvalue weighted by Gasteiger charge is 2.55. The summed E-state index contributed by atoms with van der Waals surface area (Å²) in [6.07, 6.45) is 6.46. The third-order valence-corrected chi connectivity index (χ3v) is 6.90. The van der Waals surface area contributed by atoms with Gasteiger partial charge in [0, 0.05) is 13.1 Å². The number of carbonyl (C=O) groups excluding carboxylic acids is 2. The predicted molar refractivity (Wildman–Crippen MR) is 101 cm³/mol. The van der Waals surface area contributed by atoms with Gasteiger partial charge in [0.15, 0.2) is 0 Å². The quantitative estimate of drug-likeness (QED) is 0.790. The zero-order chi connectivity index (χ0) is 19.4. The van der Waals surface area contributed by atoms with Crippen molar-refractivity contribution in [3.05, 3.63) is 0 Å². The van der Waals surface area contributed by atoms with Gasteiger partial charge in [0.25, 0.3) is 0 Å². The smallest absolute Gasteiger partial charge is 0.410 e. The largest absolute Gasteiger partial charge is 0.446 e. The Balaban J connectivity index is 1.28. The molecular formula is C21H34N2O4. The summed E-state index contributed by atoms with van der Waals surface area (Å²) in [5.41, 5.74) is -0.0348. The molecule has 3 atom stereocenters. The molecule has 5 aliphatic rings. The Kier molecular flexibility index (Phi) is 4.59. The van der Waals surface area contributed by atoms with Crippen LogP contribution in [0, 0.1) is 23.2 Å². The molecule has 2 amide bonds. The van der Waals surface area contributed by atoms with E-state index < -0.39 is 11.7 Å². The van der Waals surface area contributed by atoms with Crippen LogP contribution in [0.2, 0.25) is 0 Å². The number of amides is 2. The molecule has 5 fully saturated rings. The Labute approximate surface area is 162 Å². The summed E-state index contributed by atoms with van der Waals surface area (Å²) in [5, 5.41) is 2.87. The number of likely N-dealkylation sites (tertiary alicyclic amines) is 1. The lowest BCUT2D eigenvalue weighted by molar-refractivity contribution is -0.133. The minimum Gasteiger partial charge on any atom is -0.446 e. The van der Waals surface area contributed by atoms with E-state index in [4.69, 9.17) is 9.47 Å². The second-order valence-electron chi connectivity index (χ2n) is 10.7. The zero-order valence-corrected chi connectivity index (χ0v) is 17.1. The summed E-state index contributed by atoms with van der Waals surface area (Å²) in [6, 6.07) is -0.0650. The van der Waals surface area contributed by atoms with Crippen LogP contribution in [0.15, 0.2) is 0 Å². The maximum Gasteiger partial charge on any atom is 0.410 e. The Hall–Kier alpha value is -1.46. The number of alkyl carbamates (subject to hydrolysis) is 1. The summed E-state index contributed by atoms with van der Waals surface area (Å²) < 4.78 is 11.3.